The van der Waals surface area contributed by atoms with E-state index in [9.17, 15) is 8.60 Å². The number of hydrogen-bond acceptors (Lipinski definition) is 6. The summed E-state index contributed by atoms with van der Waals surface area (Å²) in [5.74, 6) is 0.480. The third-order valence-corrected chi connectivity index (χ3v) is 6.33. The fraction of sp³-hybridized carbons (Fsp3) is 0.0400. The molecule has 3 aromatic carbocycles. The van der Waals surface area contributed by atoms with E-state index in [0.29, 0.717) is 49.6 Å². The zero-order valence-corrected chi connectivity index (χ0v) is 20.0. The normalized spacial score (nSPS) is 11.9. The van der Waals surface area contributed by atoms with Gasteiger partial charge in [-0.2, -0.15) is 0 Å². The molecule has 0 fully saturated rings. The van der Waals surface area contributed by atoms with Gasteiger partial charge in [0.1, 0.15) is 17.8 Å². The highest BCUT2D eigenvalue weighted by Crippen LogP contribution is 2.39. The number of rotatable bonds is 9. The topological polar surface area (TPSA) is 100 Å². The number of hydrogen-bond donors (Lipinski definition) is 3. The Morgan fingerprint density at radius 3 is 2.71 bits per heavy atom. The van der Waals surface area contributed by atoms with Crippen molar-refractivity contribution < 1.29 is 17.9 Å². The van der Waals surface area contributed by atoms with Crippen LogP contribution in [0.25, 0.3) is 17.2 Å². The van der Waals surface area contributed by atoms with Gasteiger partial charge in [-0.3, -0.25) is 4.72 Å². The lowest BCUT2D eigenvalue weighted by atomic mass is 10.0. The van der Waals surface area contributed by atoms with Gasteiger partial charge in [-0.1, -0.05) is 35.0 Å². The van der Waals surface area contributed by atoms with Crippen molar-refractivity contribution in [1.82, 2.24) is 5.16 Å². The Morgan fingerprint density at radius 2 is 2.00 bits per heavy atom. The van der Waals surface area contributed by atoms with Crippen LogP contribution in [0.3, 0.4) is 0 Å². The Labute approximate surface area is 208 Å². The summed E-state index contributed by atoms with van der Waals surface area (Å²) in [5.41, 5.74) is 3.17. The number of anilines is 3. The van der Waals surface area contributed by atoms with Crippen LogP contribution in [-0.4, -0.2) is 22.7 Å². The Balaban J connectivity index is 1.68. The fourth-order valence-electron chi connectivity index (χ4n) is 3.32. The first-order valence-electron chi connectivity index (χ1n) is 10.3. The molecule has 3 N–H and O–H groups in total. The number of benzene rings is 3. The van der Waals surface area contributed by atoms with E-state index in [1.165, 1.54) is 25.5 Å². The molecule has 0 bridgehead atoms. The van der Waals surface area contributed by atoms with Crippen LogP contribution >= 0.6 is 11.6 Å². The lowest BCUT2D eigenvalue weighted by Crippen LogP contribution is -2.06. The zero-order valence-electron chi connectivity index (χ0n) is 18.4. The third kappa shape index (κ3) is 5.76. The molecule has 0 aliphatic carbocycles. The maximum Gasteiger partial charge on any atom is 0.181 e. The molecule has 0 spiro atoms. The highest BCUT2D eigenvalue weighted by atomic mass is 35.5. The van der Waals surface area contributed by atoms with Crippen LogP contribution in [0.1, 0.15) is 5.56 Å². The predicted molar refractivity (Wildman–Crippen MR) is 137 cm³/mol. The lowest BCUT2D eigenvalue weighted by Gasteiger charge is -2.17. The molecule has 178 valence electrons. The Kier molecular flexibility index (Phi) is 7.59. The minimum atomic E-state index is -1.59. The molecule has 0 radical (unpaired) electrons. The van der Waals surface area contributed by atoms with Gasteiger partial charge >= 0.3 is 0 Å². The molecule has 0 aliphatic heterocycles. The smallest absolute Gasteiger partial charge is 0.181 e. The standard InChI is InChI=1S/C25H20ClFN4O3S/c1-33-24-14-20(16-4-2-6-18(27)12-16)21(26)15-23(24)29-22-8-7-19(13-17(22)5-3-10-28)35(32)31-25-9-11-34-30-25/h2-15,28-29H,1H3,(H,30,31)/b5-3-,28-10?. The molecule has 0 amide bonds. The van der Waals surface area contributed by atoms with E-state index in [0.717, 1.165) is 6.21 Å². The molecule has 1 atom stereocenters. The van der Waals surface area contributed by atoms with Gasteiger partial charge in [-0.25, -0.2) is 8.60 Å². The van der Waals surface area contributed by atoms with E-state index in [-0.39, 0.29) is 5.82 Å². The summed E-state index contributed by atoms with van der Waals surface area (Å²) in [5, 5.41) is 14.7. The van der Waals surface area contributed by atoms with Gasteiger partial charge in [0.2, 0.25) is 0 Å². The van der Waals surface area contributed by atoms with E-state index in [1.54, 1.807) is 60.7 Å². The molecule has 7 nitrogen and oxygen atoms in total. The second kappa shape index (κ2) is 11.0. The van der Waals surface area contributed by atoms with Crippen molar-refractivity contribution in [3.05, 3.63) is 89.4 Å². The maximum atomic E-state index is 13.7. The summed E-state index contributed by atoms with van der Waals surface area (Å²) in [6.07, 6.45) is 5.78. The number of halogens is 2. The SMILES string of the molecule is COc1cc(-c2cccc(F)c2)c(Cl)cc1Nc1ccc(S(=O)Nc2ccon2)cc1/C=C\C=N. The second-order valence-electron chi connectivity index (χ2n) is 7.20. The third-order valence-electron chi connectivity index (χ3n) is 4.94. The van der Waals surface area contributed by atoms with Crippen LogP contribution in [0.5, 0.6) is 5.75 Å². The molecular formula is C25H20ClFN4O3S. The van der Waals surface area contributed by atoms with Gasteiger partial charge in [0.15, 0.2) is 16.8 Å². The summed E-state index contributed by atoms with van der Waals surface area (Å²) in [6, 6.07) is 16.3. The number of aromatic nitrogens is 1. The molecule has 4 aromatic rings. The van der Waals surface area contributed by atoms with E-state index in [2.05, 4.69) is 15.2 Å². The van der Waals surface area contributed by atoms with E-state index >= 15 is 0 Å². The van der Waals surface area contributed by atoms with Crippen molar-refractivity contribution in [2.45, 2.75) is 4.90 Å². The van der Waals surface area contributed by atoms with Crippen molar-refractivity contribution in [1.29, 1.82) is 5.41 Å². The molecule has 1 unspecified atom stereocenters. The van der Waals surface area contributed by atoms with Gasteiger partial charge in [0, 0.05) is 23.5 Å². The van der Waals surface area contributed by atoms with Crippen molar-refractivity contribution >= 4 is 52.1 Å². The van der Waals surface area contributed by atoms with Crippen molar-refractivity contribution in [2.75, 3.05) is 17.1 Å². The van der Waals surface area contributed by atoms with Gasteiger partial charge < -0.3 is 20.0 Å². The summed E-state index contributed by atoms with van der Waals surface area (Å²) < 4.78 is 39.5. The fourth-order valence-corrected chi connectivity index (χ4v) is 4.43. The maximum absolute atomic E-state index is 13.7. The van der Waals surface area contributed by atoms with Crippen LogP contribution in [0.2, 0.25) is 5.02 Å². The van der Waals surface area contributed by atoms with E-state index in [1.807, 2.05) is 0 Å². The summed E-state index contributed by atoms with van der Waals surface area (Å²) >= 11 is 6.55. The molecule has 35 heavy (non-hydrogen) atoms. The number of nitrogens with zero attached hydrogens (tertiary/aromatic N) is 1. The van der Waals surface area contributed by atoms with Crippen LogP contribution in [-0.2, 0) is 11.0 Å². The average Bonchev–Trinajstić information content (AvgIpc) is 3.36. The minimum absolute atomic E-state index is 0.347. The second-order valence-corrected chi connectivity index (χ2v) is 8.82. The van der Waals surface area contributed by atoms with Crippen LogP contribution in [0.4, 0.5) is 21.6 Å². The first-order chi connectivity index (χ1) is 17.0. The van der Waals surface area contributed by atoms with E-state index in [4.69, 9.17) is 26.3 Å². The highest BCUT2D eigenvalue weighted by Gasteiger charge is 2.14. The van der Waals surface area contributed by atoms with E-state index < -0.39 is 11.0 Å². The Hall–Kier alpha value is -3.95. The summed E-state index contributed by atoms with van der Waals surface area (Å²) in [7, 11) is -0.0577. The van der Waals surface area contributed by atoms with Gasteiger partial charge in [-0.15, -0.1) is 0 Å². The number of methoxy groups -OCH3 is 1. The first-order valence-corrected chi connectivity index (χ1v) is 11.8. The van der Waals surface area contributed by atoms with Gasteiger partial charge in [0.05, 0.1) is 22.7 Å². The molecule has 4 rings (SSSR count). The average molecular weight is 511 g/mol. The number of ether oxygens (including phenoxy) is 1. The molecule has 1 heterocycles. The number of allylic oxidation sites excluding steroid dienone is 1. The Bertz CT molecular complexity index is 1410. The molecule has 0 aliphatic rings. The quantitative estimate of drug-likeness (QED) is 0.218. The van der Waals surface area contributed by atoms with Gasteiger partial charge in [0.25, 0.3) is 0 Å². The summed E-state index contributed by atoms with van der Waals surface area (Å²) in [4.78, 5) is 0.495. The summed E-state index contributed by atoms with van der Waals surface area (Å²) in [6.45, 7) is 0. The van der Waals surface area contributed by atoms with Crippen molar-refractivity contribution in [3.8, 4) is 16.9 Å². The molecule has 10 heteroatoms. The first kappa shape index (κ1) is 24.2. The van der Waals surface area contributed by atoms with Gasteiger partial charge in [-0.05, 0) is 59.7 Å². The largest absolute Gasteiger partial charge is 0.495 e. The molecule has 0 saturated heterocycles. The zero-order chi connectivity index (χ0) is 24.8. The Morgan fingerprint density at radius 1 is 1.14 bits per heavy atom. The van der Waals surface area contributed by atoms with Crippen molar-refractivity contribution in [3.63, 3.8) is 0 Å². The number of nitrogens with one attached hydrogen (secondary N) is 3. The monoisotopic (exact) mass is 510 g/mol. The minimum Gasteiger partial charge on any atom is -0.495 e. The molecule has 0 saturated carbocycles. The molecular weight excluding hydrogens is 491 g/mol. The predicted octanol–water partition coefficient (Wildman–Crippen LogP) is 6.68. The van der Waals surface area contributed by atoms with Crippen LogP contribution in [0, 0.1) is 11.2 Å². The van der Waals surface area contributed by atoms with Crippen LogP contribution in [0.15, 0.2) is 82.4 Å². The van der Waals surface area contributed by atoms with Crippen LogP contribution < -0.4 is 14.8 Å². The van der Waals surface area contributed by atoms with Crippen molar-refractivity contribution in [2.24, 2.45) is 0 Å². The molecule has 1 aromatic heterocycles. The highest BCUT2D eigenvalue weighted by molar-refractivity contribution is 7.86. The lowest BCUT2D eigenvalue weighted by molar-refractivity contribution is 0.417.